The van der Waals surface area contributed by atoms with Crippen molar-refractivity contribution in [1.82, 2.24) is 0 Å². The second-order valence-corrected chi connectivity index (χ2v) is 8.96. The summed E-state index contributed by atoms with van der Waals surface area (Å²) in [5.74, 6) is 0. The fraction of sp³-hybridized carbons (Fsp3) is 0.111. The molecule has 2 aromatic carbocycles. The molecule has 2 N–H and O–H groups in total. The van der Waals surface area contributed by atoms with E-state index in [4.69, 9.17) is 0 Å². The molecule has 0 spiro atoms. The van der Waals surface area contributed by atoms with E-state index in [1.807, 2.05) is 34.9 Å². The molecule has 3 aromatic rings. The molecule has 0 aliphatic carbocycles. The number of benzene rings is 2. The predicted molar refractivity (Wildman–Crippen MR) is 102 cm³/mol. The summed E-state index contributed by atoms with van der Waals surface area (Å²) in [7, 11) is 0. The number of para-hydroxylation sites is 2. The SMILES string of the molecule is c1ccc2c(c1)NC(c1ccc(C3Nc4ccccc4S3)s1)S2. The summed E-state index contributed by atoms with van der Waals surface area (Å²) in [4.78, 5) is 5.46. The first-order valence-corrected chi connectivity index (χ1v) is 10.1. The third-order valence-corrected chi connectivity index (χ3v) is 7.95. The van der Waals surface area contributed by atoms with Crippen LogP contribution in [0.4, 0.5) is 11.4 Å². The Hall–Kier alpha value is -1.56. The zero-order valence-corrected chi connectivity index (χ0v) is 14.6. The van der Waals surface area contributed by atoms with Gasteiger partial charge in [-0.05, 0) is 36.4 Å². The van der Waals surface area contributed by atoms with Gasteiger partial charge in [-0.25, -0.2) is 0 Å². The van der Waals surface area contributed by atoms with Gasteiger partial charge in [-0.15, -0.1) is 11.3 Å². The van der Waals surface area contributed by atoms with E-state index in [0.29, 0.717) is 10.7 Å². The van der Waals surface area contributed by atoms with E-state index in [2.05, 4.69) is 71.3 Å². The molecule has 0 saturated heterocycles. The molecule has 2 aliphatic rings. The first kappa shape index (κ1) is 13.8. The van der Waals surface area contributed by atoms with Gasteiger partial charge in [-0.2, -0.15) is 0 Å². The van der Waals surface area contributed by atoms with Crippen LogP contribution in [-0.4, -0.2) is 0 Å². The Balaban J connectivity index is 1.37. The highest BCUT2D eigenvalue weighted by Gasteiger charge is 2.27. The molecule has 0 amide bonds. The van der Waals surface area contributed by atoms with Crippen LogP contribution < -0.4 is 10.6 Å². The number of hydrogen-bond acceptors (Lipinski definition) is 5. The van der Waals surface area contributed by atoms with Crippen LogP contribution in [0.25, 0.3) is 0 Å². The number of rotatable bonds is 2. The average Bonchev–Trinajstić information content (AvgIpc) is 3.30. The van der Waals surface area contributed by atoms with Crippen molar-refractivity contribution in [2.24, 2.45) is 0 Å². The summed E-state index contributed by atoms with van der Waals surface area (Å²) in [5.41, 5.74) is 2.50. The van der Waals surface area contributed by atoms with Crippen LogP contribution in [0.3, 0.4) is 0 Å². The van der Waals surface area contributed by atoms with E-state index in [9.17, 15) is 0 Å². The third kappa shape index (κ3) is 2.43. The number of nitrogens with one attached hydrogen (secondary N) is 2. The molecule has 5 rings (SSSR count). The first-order chi connectivity index (χ1) is 11.4. The van der Waals surface area contributed by atoms with Crippen LogP contribution in [0.15, 0.2) is 70.5 Å². The van der Waals surface area contributed by atoms with E-state index in [0.717, 1.165) is 0 Å². The molecule has 2 unspecified atom stereocenters. The number of thiophene rings is 1. The largest absolute Gasteiger partial charge is 0.368 e. The molecular weight excluding hydrogens is 340 g/mol. The van der Waals surface area contributed by atoms with Crippen molar-refractivity contribution < 1.29 is 0 Å². The number of anilines is 2. The average molecular weight is 355 g/mol. The molecular formula is C18H14N2S3. The van der Waals surface area contributed by atoms with Gasteiger partial charge < -0.3 is 10.6 Å². The van der Waals surface area contributed by atoms with Gasteiger partial charge in [0.05, 0.1) is 0 Å². The van der Waals surface area contributed by atoms with Crippen molar-refractivity contribution >= 4 is 46.2 Å². The van der Waals surface area contributed by atoms with Gasteiger partial charge in [-0.1, -0.05) is 47.8 Å². The van der Waals surface area contributed by atoms with Gasteiger partial charge >= 0.3 is 0 Å². The Labute approximate surface area is 147 Å². The lowest BCUT2D eigenvalue weighted by Gasteiger charge is -2.09. The van der Waals surface area contributed by atoms with Crippen molar-refractivity contribution in [3.8, 4) is 0 Å². The maximum absolute atomic E-state index is 3.62. The van der Waals surface area contributed by atoms with Crippen LogP contribution in [0.5, 0.6) is 0 Å². The van der Waals surface area contributed by atoms with Gasteiger partial charge in [0.2, 0.25) is 0 Å². The minimum atomic E-state index is 0.333. The fourth-order valence-electron chi connectivity index (χ4n) is 2.88. The molecule has 1 aromatic heterocycles. The summed E-state index contributed by atoms with van der Waals surface area (Å²) in [6, 6.07) is 21.6. The maximum Gasteiger partial charge on any atom is 0.112 e. The molecule has 0 bridgehead atoms. The molecule has 0 saturated carbocycles. The highest BCUT2D eigenvalue weighted by Crippen LogP contribution is 2.51. The molecule has 2 aliphatic heterocycles. The minimum absolute atomic E-state index is 0.333. The monoisotopic (exact) mass is 354 g/mol. The summed E-state index contributed by atoms with van der Waals surface area (Å²) in [5, 5.41) is 7.90. The van der Waals surface area contributed by atoms with Gasteiger partial charge in [0.25, 0.3) is 0 Å². The molecule has 2 nitrogen and oxygen atoms in total. The quantitative estimate of drug-likeness (QED) is 0.574. The summed E-state index contributed by atoms with van der Waals surface area (Å²) in [6.07, 6.45) is 0. The normalized spacial score (nSPS) is 21.4. The van der Waals surface area contributed by atoms with Crippen molar-refractivity contribution in [3.63, 3.8) is 0 Å². The molecule has 23 heavy (non-hydrogen) atoms. The number of fused-ring (bicyclic) bond motifs is 2. The Morgan fingerprint density at radius 3 is 1.57 bits per heavy atom. The van der Waals surface area contributed by atoms with Crippen molar-refractivity contribution in [3.05, 3.63) is 70.4 Å². The van der Waals surface area contributed by atoms with Crippen LogP contribution in [0, 0.1) is 0 Å². The number of thioether (sulfide) groups is 2. The van der Waals surface area contributed by atoms with E-state index < -0.39 is 0 Å². The molecule has 3 heterocycles. The van der Waals surface area contributed by atoms with Gasteiger partial charge in [0.15, 0.2) is 0 Å². The summed E-state index contributed by atoms with van der Waals surface area (Å²) in [6.45, 7) is 0. The summed E-state index contributed by atoms with van der Waals surface area (Å²) >= 11 is 5.71. The minimum Gasteiger partial charge on any atom is -0.368 e. The van der Waals surface area contributed by atoms with Crippen molar-refractivity contribution in [2.45, 2.75) is 20.5 Å². The lowest BCUT2D eigenvalue weighted by atomic mass is 10.3. The summed E-state index contributed by atoms with van der Waals surface area (Å²) < 4.78 is 0. The van der Waals surface area contributed by atoms with Crippen molar-refractivity contribution in [1.29, 1.82) is 0 Å². The van der Waals surface area contributed by atoms with E-state index in [1.165, 1.54) is 30.9 Å². The second-order valence-electron chi connectivity index (χ2n) is 5.52. The molecule has 5 heteroatoms. The Bertz CT molecular complexity index is 754. The van der Waals surface area contributed by atoms with Gasteiger partial charge in [0, 0.05) is 30.9 Å². The van der Waals surface area contributed by atoms with E-state index in [1.54, 1.807) is 0 Å². The van der Waals surface area contributed by atoms with E-state index >= 15 is 0 Å². The molecule has 2 atom stereocenters. The zero-order valence-electron chi connectivity index (χ0n) is 12.2. The maximum atomic E-state index is 3.62. The molecule has 114 valence electrons. The first-order valence-electron chi connectivity index (χ1n) is 7.51. The smallest absolute Gasteiger partial charge is 0.112 e. The highest BCUT2D eigenvalue weighted by molar-refractivity contribution is 8.00. The van der Waals surface area contributed by atoms with E-state index in [-0.39, 0.29) is 0 Å². The Morgan fingerprint density at radius 2 is 1.09 bits per heavy atom. The standard InChI is InChI=1S/C18H14N2S3/c1-3-7-13-11(5-1)19-17(22-13)15-9-10-16(21-15)18-20-12-6-2-4-8-14(12)23-18/h1-10,17-20H. The zero-order chi connectivity index (χ0) is 15.2. The van der Waals surface area contributed by atoms with Gasteiger partial charge in [0.1, 0.15) is 10.7 Å². The lowest BCUT2D eigenvalue weighted by Crippen LogP contribution is -1.99. The molecule has 0 fully saturated rings. The number of hydrogen-bond donors (Lipinski definition) is 2. The predicted octanol–water partition coefficient (Wildman–Crippen LogP) is 6.18. The third-order valence-electron chi connectivity index (χ3n) is 4.00. The Kier molecular flexibility index (Phi) is 3.32. The van der Waals surface area contributed by atoms with Crippen LogP contribution in [0.1, 0.15) is 20.5 Å². The van der Waals surface area contributed by atoms with Gasteiger partial charge in [-0.3, -0.25) is 0 Å². The van der Waals surface area contributed by atoms with Crippen LogP contribution in [-0.2, 0) is 0 Å². The Morgan fingerprint density at radius 1 is 0.609 bits per heavy atom. The lowest BCUT2D eigenvalue weighted by molar-refractivity contribution is 1.18. The van der Waals surface area contributed by atoms with Crippen LogP contribution >= 0.6 is 34.9 Å². The highest BCUT2D eigenvalue weighted by atomic mass is 32.2. The van der Waals surface area contributed by atoms with Crippen molar-refractivity contribution in [2.75, 3.05) is 10.6 Å². The van der Waals surface area contributed by atoms with Crippen LogP contribution in [0.2, 0.25) is 0 Å². The molecule has 0 radical (unpaired) electrons. The fourth-order valence-corrected chi connectivity index (χ4v) is 6.43. The topological polar surface area (TPSA) is 24.1 Å². The second kappa shape index (κ2) is 5.51.